The zero-order valence-electron chi connectivity index (χ0n) is 18.1. The molecule has 0 saturated carbocycles. The van der Waals surface area contributed by atoms with Crippen molar-refractivity contribution in [2.75, 3.05) is 0 Å². The summed E-state index contributed by atoms with van der Waals surface area (Å²) in [6.07, 6.45) is 31.2. The number of allylic oxidation sites excluding steroid dienone is 2. The Morgan fingerprint density at radius 3 is 1.63 bits per heavy atom. The average Bonchev–Trinajstić information content (AvgIpc) is 2.66. The van der Waals surface area contributed by atoms with Gasteiger partial charge < -0.3 is 12.4 Å². The molecule has 0 aromatic carbocycles. The van der Waals surface area contributed by atoms with Crippen molar-refractivity contribution in [3.8, 4) is 0 Å². The quantitative estimate of drug-likeness (QED) is 0.208. The molecule has 1 nitrogen and oxygen atoms in total. The van der Waals surface area contributed by atoms with E-state index in [9.17, 15) is 0 Å². The Kier molecular flexibility index (Phi) is 19.3. The van der Waals surface area contributed by atoms with Gasteiger partial charge in [-0.05, 0) is 44.1 Å². The van der Waals surface area contributed by atoms with E-state index < -0.39 is 0 Å². The average molecular weight is 394 g/mol. The first-order valence-electron chi connectivity index (χ1n) is 11.4. The van der Waals surface area contributed by atoms with Crippen LogP contribution >= 0.6 is 0 Å². The number of unbranched alkanes of at least 4 members (excludes halogenated alkanes) is 13. The number of nitrogens with zero attached hydrogens (tertiary/aromatic N) is 1. The lowest BCUT2D eigenvalue weighted by molar-refractivity contribution is -0.671. The molecular weight excluding hydrogens is 350 g/mol. The summed E-state index contributed by atoms with van der Waals surface area (Å²) < 4.78 is 2.10. The van der Waals surface area contributed by atoms with Gasteiger partial charge in [0.2, 0.25) is 0 Å². The number of hydrogen-bond donors (Lipinski definition) is 0. The number of aromatic nitrogens is 1. The van der Waals surface area contributed by atoms with E-state index in [-0.39, 0.29) is 12.4 Å². The van der Waals surface area contributed by atoms with Crippen LogP contribution in [0.5, 0.6) is 0 Å². The molecule has 156 valence electrons. The molecule has 0 radical (unpaired) electrons. The number of aryl methyl sites for hydroxylation is 2. The van der Waals surface area contributed by atoms with E-state index in [1.165, 1.54) is 108 Å². The summed E-state index contributed by atoms with van der Waals surface area (Å²) in [5.41, 5.74) is 1.48. The summed E-state index contributed by atoms with van der Waals surface area (Å²) >= 11 is 0. The van der Waals surface area contributed by atoms with Gasteiger partial charge in [0.15, 0.2) is 12.4 Å². The van der Waals surface area contributed by atoms with Crippen LogP contribution in [0.15, 0.2) is 36.7 Å². The zero-order valence-corrected chi connectivity index (χ0v) is 18.9. The van der Waals surface area contributed by atoms with Crippen LogP contribution in [-0.2, 0) is 13.5 Å². The molecule has 0 spiro atoms. The van der Waals surface area contributed by atoms with Gasteiger partial charge in [0.1, 0.15) is 7.05 Å². The van der Waals surface area contributed by atoms with E-state index >= 15 is 0 Å². The molecule has 0 unspecified atom stereocenters. The molecule has 1 aromatic heterocycles. The second-order valence-corrected chi connectivity index (χ2v) is 7.91. The third-order valence-electron chi connectivity index (χ3n) is 5.27. The van der Waals surface area contributed by atoms with Gasteiger partial charge in [0.25, 0.3) is 0 Å². The monoisotopic (exact) mass is 393 g/mol. The zero-order chi connectivity index (χ0) is 18.7. The third-order valence-corrected chi connectivity index (χ3v) is 5.27. The minimum Gasteiger partial charge on any atom is -1.00 e. The predicted octanol–water partition coefficient (Wildman–Crippen LogP) is 4.49. The SMILES string of the molecule is CCCCCCCC/C=C\CCCCCCCCCc1cc[n+](C)cc1.[Cl-]. The lowest BCUT2D eigenvalue weighted by Crippen LogP contribution is -3.00. The van der Waals surface area contributed by atoms with E-state index in [1.54, 1.807) is 0 Å². The molecule has 0 saturated heterocycles. The molecule has 0 bridgehead atoms. The highest BCUT2D eigenvalue weighted by Gasteiger charge is 1.97. The van der Waals surface area contributed by atoms with Gasteiger partial charge in [0.05, 0.1) is 0 Å². The highest BCUT2D eigenvalue weighted by molar-refractivity contribution is 5.06. The summed E-state index contributed by atoms with van der Waals surface area (Å²) in [6, 6.07) is 4.50. The third kappa shape index (κ3) is 17.0. The van der Waals surface area contributed by atoms with E-state index in [0.717, 1.165) is 0 Å². The number of rotatable bonds is 17. The molecule has 0 N–H and O–H groups in total. The molecule has 1 heterocycles. The van der Waals surface area contributed by atoms with Crippen LogP contribution in [0.3, 0.4) is 0 Å². The Hall–Kier alpha value is -0.820. The first-order valence-corrected chi connectivity index (χ1v) is 11.4. The Bertz CT molecular complexity index is 438. The van der Waals surface area contributed by atoms with Crippen LogP contribution in [0.4, 0.5) is 0 Å². The van der Waals surface area contributed by atoms with Crippen LogP contribution in [-0.4, -0.2) is 0 Å². The topological polar surface area (TPSA) is 3.88 Å². The maximum atomic E-state index is 2.42. The summed E-state index contributed by atoms with van der Waals surface area (Å²) in [6.45, 7) is 2.29. The van der Waals surface area contributed by atoms with Gasteiger partial charge in [-0.3, -0.25) is 0 Å². The lowest BCUT2D eigenvalue weighted by Gasteiger charge is -2.02. The molecule has 0 aliphatic rings. The fourth-order valence-corrected chi connectivity index (χ4v) is 3.45. The Morgan fingerprint density at radius 2 is 1.11 bits per heavy atom. The molecule has 1 rings (SSSR count). The van der Waals surface area contributed by atoms with Gasteiger partial charge in [-0.2, -0.15) is 0 Å². The van der Waals surface area contributed by atoms with Crippen LogP contribution in [0, 0.1) is 0 Å². The van der Waals surface area contributed by atoms with Gasteiger partial charge in [0, 0.05) is 12.1 Å². The highest BCUT2D eigenvalue weighted by Crippen LogP contribution is 2.12. The minimum absolute atomic E-state index is 0. The lowest BCUT2D eigenvalue weighted by atomic mass is 10.0. The largest absolute Gasteiger partial charge is 1.00 e. The van der Waals surface area contributed by atoms with Gasteiger partial charge >= 0.3 is 0 Å². The highest BCUT2D eigenvalue weighted by atomic mass is 35.5. The van der Waals surface area contributed by atoms with Crippen LogP contribution in [0.25, 0.3) is 0 Å². The van der Waals surface area contributed by atoms with Crippen LogP contribution in [0.1, 0.15) is 109 Å². The van der Waals surface area contributed by atoms with Crippen molar-refractivity contribution in [2.24, 2.45) is 7.05 Å². The molecule has 0 aliphatic carbocycles. The standard InChI is InChI=1S/C25H44N.ClH/c1-3-4-5-6-7-8-9-10-11-12-13-14-15-16-17-18-19-20-25-21-23-26(2)24-22-25;/h10-11,21-24H,3-9,12-20H2,1-2H3;1H/q+1;/p-1/b11-10-;. The molecule has 0 aliphatic heterocycles. The fraction of sp³-hybridized carbons (Fsp3) is 0.720. The molecule has 2 heteroatoms. The van der Waals surface area contributed by atoms with Gasteiger partial charge in [-0.15, -0.1) is 0 Å². The van der Waals surface area contributed by atoms with Gasteiger partial charge in [-0.1, -0.05) is 83.3 Å². The number of halogens is 1. The normalized spacial score (nSPS) is 11.0. The first kappa shape index (κ1) is 26.2. The van der Waals surface area contributed by atoms with Crippen molar-refractivity contribution in [1.82, 2.24) is 0 Å². The Morgan fingerprint density at radius 1 is 0.667 bits per heavy atom. The fourth-order valence-electron chi connectivity index (χ4n) is 3.45. The predicted molar refractivity (Wildman–Crippen MR) is 115 cm³/mol. The molecular formula is C25H44ClN. The van der Waals surface area contributed by atoms with E-state index in [1.807, 2.05) is 0 Å². The van der Waals surface area contributed by atoms with E-state index in [2.05, 4.69) is 55.2 Å². The van der Waals surface area contributed by atoms with Crippen molar-refractivity contribution in [2.45, 2.75) is 110 Å². The number of pyridine rings is 1. The molecule has 0 atom stereocenters. The van der Waals surface area contributed by atoms with Crippen molar-refractivity contribution in [1.29, 1.82) is 0 Å². The maximum Gasteiger partial charge on any atom is 0.168 e. The summed E-state index contributed by atoms with van der Waals surface area (Å²) in [4.78, 5) is 0. The molecule has 0 fully saturated rings. The minimum atomic E-state index is 0. The van der Waals surface area contributed by atoms with Crippen molar-refractivity contribution in [3.63, 3.8) is 0 Å². The van der Waals surface area contributed by atoms with E-state index in [4.69, 9.17) is 0 Å². The molecule has 0 amide bonds. The van der Waals surface area contributed by atoms with Crippen molar-refractivity contribution in [3.05, 3.63) is 42.2 Å². The summed E-state index contributed by atoms with van der Waals surface area (Å²) in [5.74, 6) is 0. The molecule has 1 aromatic rings. The van der Waals surface area contributed by atoms with Crippen molar-refractivity contribution >= 4 is 0 Å². The molecule has 27 heavy (non-hydrogen) atoms. The first-order chi connectivity index (χ1) is 12.8. The summed E-state index contributed by atoms with van der Waals surface area (Å²) in [7, 11) is 2.08. The van der Waals surface area contributed by atoms with Gasteiger partial charge in [-0.25, -0.2) is 4.57 Å². The second kappa shape index (κ2) is 19.9. The Labute approximate surface area is 176 Å². The van der Waals surface area contributed by atoms with Crippen LogP contribution in [0.2, 0.25) is 0 Å². The Balaban J connectivity index is 0.00000676. The summed E-state index contributed by atoms with van der Waals surface area (Å²) in [5, 5.41) is 0. The maximum absolute atomic E-state index is 2.42. The second-order valence-electron chi connectivity index (χ2n) is 7.91. The van der Waals surface area contributed by atoms with Crippen LogP contribution < -0.4 is 17.0 Å². The smallest absolute Gasteiger partial charge is 0.168 e. The number of hydrogen-bond acceptors (Lipinski definition) is 0. The van der Waals surface area contributed by atoms with E-state index in [0.29, 0.717) is 0 Å². The van der Waals surface area contributed by atoms with Crippen molar-refractivity contribution < 1.29 is 17.0 Å².